The summed E-state index contributed by atoms with van der Waals surface area (Å²) in [5.41, 5.74) is 0.0766. The minimum atomic E-state index is -0.610. The summed E-state index contributed by atoms with van der Waals surface area (Å²) in [5, 5.41) is -0.181. The molecule has 0 N–H and O–H groups in total. The first-order valence-electron chi connectivity index (χ1n) is 4.78. The second-order valence-corrected chi connectivity index (χ2v) is 3.47. The van der Waals surface area contributed by atoms with Crippen molar-refractivity contribution in [1.82, 2.24) is 0 Å². The lowest BCUT2D eigenvalue weighted by molar-refractivity contribution is 0.0499. The van der Waals surface area contributed by atoms with Crippen LogP contribution in [-0.4, -0.2) is 12.6 Å². The van der Waals surface area contributed by atoms with Gasteiger partial charge in [0, 0.05) is 0 Å². The molecule has 0 amide bonds. The van der Waals surface area contributed by atoms with E-state index in [4.69, 9.17) is 16.3 Å². The lowest BCUT2D eigenvalue weighted by atomic mass is 10.2. The third-order valence-electron chi connectivity index (χ3n) is 1.90. The van der Waals surface area contributed by atoms with Gasteiger partial charge in [-0.2, -0.15) is 0 Å². The summed E-state index contributed by atoms with van der Waals surface area (Å²) in [5.74, 6) is -1.19. The van der Waals surface area contributed by atoms with Gasteiger partial charge in [-0.1, -0.05) is 31.0 Å². The lowest BCUT2D eigenvalue weighted by Gasteiger charge is -2.05. The maximum absolute atomic E-state index is 13.0. The molecule has 0 radical (unpaired) electrons. The van der Waals surface area contributed by atoms with Gasteiger partial charge in [0.25, 0.3) is 0 Å². The number of esters is 1. The standard InChI is InChI=1S/C11H12ClFO2/c1-2-3-7-15-11(14)8-5-4-6-9(13)10(8)12/h4-6H,2-3,7H2,1H3. The normalized spacial score (nSPS) is 10.1. The molecule has 1 aromatic carbocycles. The fraction of sp³-hybridized carbons (Fsp3) is 0.364. The smallest absolute Gasteiger partial charge is 0.339 e. The molecular weight excluding hydrogens is 219 g/mol. The average molecular weight is 231 g/mol. The van der Waals surface area contributed by atoms with Crippen LogP contribution in [0.5, 0.6) is 0 Å². The molecule has 0 fully saturated rings. The molecule has 2 nitrogen and oxygen atoms in total. The van der Waals surface area contributed by atoms with E-state index in [1.807, 2.05) is 6.92 Å². The minimum absolute atomic E-state index is 0.0766. The van der Waals surface area contributed by atoms with E-state index in [2.05, 4.69) is 0 Å². The molecule has 1 aromatic rings. The van der Waals surface area contributed by atoms with E-state index < -0.39 is 11.8 Å². The first kappa shape index (κ1) is 12.0. The molecule has 0 aromatic heterocycles. The van der Waals surface area contributed by atoms with Crippen LogP contribution >= 0.6 is 11.6 Å². The van der Waals surface area contributed by atoms with E-state index >= 15 is 0 Å². The number of unbranched alkanes of at least 4 members (excludes halogenated alkanes) is 1. The van der Waals surface area contributed by atoms with Gasteiger partial charge in [-0.3, -0.25) is 0 Å². The third kappa shape index (κ3) is 3.20. The first-order chi connectivity index (χ1) is 7.16. The van der Waals surface area contributed by atoms with Gasteiger partial charge >= 0.3 is 5.97 Å². The number of halogens is 2. The molecule has 1 rings (SSSR count). The maximum Gasteiger partial charge on any atom is 0.339 e. The van der Waals surface area contributed by atoms with Crippen LogP contribution in [0.15, 0.2) is 18.2 Å². The Morgan fingerprint density at radius 2 is 2.27 bits per heavy atom. The Labute approximate surface area is 93.0 Å². The Morgan fingerprint density at radius 1 is 1.53 bits per heavy atom. The molecule has 0 heterocycles. The van der Waals surface area contributed by atoms with E-state index in [9.17, 15) is 9.18 Å². The van der Waals surface area contributed by atoms with Crippen LogP contribution in [-0.2, 0) is 4.74 Å². The summed E-state index contributed by atoms with van der Waals surface area (Å²) in [6, 6.07) is 4.07. The van der Waals surface area contributed by atoms with Crippen molar-refractivity contribution in [2.75, 3.05) is 6.61 Å². The van der Waals surface area contributed by atoms with E-state index in [0.29, 0.717) is 6.61 Å². The van der Waals surface area contributed by atoms with Crippen LogP contribution in [0.4, 0.5) is 4.39 Å². The predicted molar refractivity (Wildman–Crippen MR) is 56.6 cm³/mol. The molecule has 0 bridgehead atoms. The summed E-state index contributed by atoms with van der Waals surface area (Å²) in [6.07, 6.45) is 1.73. The maximum atomic E-state index is 13.0. The summed E-state index contributed by atoms with van der Waals surface area (Å²) in [7, 11) is 0. The molecule has 0 spiro atoms. The zero-order valence-corrected chi connectivity index (χ0v) is 9.18. The van der Waals surface area contributed by atoms with Crippen molar-refractivity contribution in [2.45, 2.75) is 19.8 Å². The van der Waals surface area contributed by atoms with E-state index in [1.54, 1.807) is 0 Å². The second kappa shape index (κ2) is 5.71. The zero-order chi connectivity index (χ0) is 11.3. The highest BCUT2D eigenvalue weighted by Crippen LogP contribution is 2.20. The predicted octanol–water partition coefficient (Wildman–Crippen LogP) is 3.44. The Kier molecular flexibility index (Phi) is 4.56. The number of hydrogen-bond donors (Lipinski definition) is 0. The van der Waals surface area contributed by atoms with Crippen molar-refractivity contribution >= 4 is 17.6 Å². The monoisotopic (exact) mass is 230 g/mol. The fourth-order valence-corrected chi connectivity index (χ4v) is 1.25. The molecule has 0 saturated carbocycles. The quantitative estimate of drug-likeness (QED) is 0.585. The van der Waals surface area contributed by atoms with Crippen molar-refractivity contribution < 1.29 is 13.9 Å². The largest absolute Gasteiger partial charge is 0.462 e. The van der Waals surface area contributed by atoms with Gasteiger partial charge < -0.3 is 4.74 Å². The van der Waals surface area contributed by atoms with Crippen molar-refractivity contribution in [2.24, 2.45) is 0 Å². The van der Waals surface area contributed by atoms with Crippen LogP contribution < -0.4 is 0 Å². The second-order valence-electron chi connectivity index (χ2n) is 3.09. The van der Waals surface area contributed by atoms with Crippen LogP contribution in [0.25, 0.3) is 0 Å². The Balaban J connectivity index is 2.69. The summed E-state index contributed by atoms with van der Waals surface area (Å²) >= 11 is 5.63. The number of carbonyl (C=O) groups is 1. The number of benzene rings is 1. The molecule has 0 aliphatic carbocycles. The number of carbonyl (C=O) groups excluding carboxylic acids is 1. The zero-order valence-electron chi connectivity index (χ0n) is 8.43. The molecule has 0 aliphatic heterocycles. The van der Waals surface area contributed by atoms with Crippen LogP contribution in [0.3, 0.4) is 0 Å². The molecule has 4 heteroatoms. The van der Waals surface area contributed by atoms with E-state index in [1.165, 1.54) is 18.2 Å². The van der Waals surface area contributed by atoms with Crippen LogP contribution in [0.2, 0.25) is 5.02 Å². The molecule has 0 saturated heterocycles. The van der Waals surface area contributed by atoms with Gasteiger partial charge in [-0.25, -0.2) is 9.18 Å². The summed E-state index contributed by atoms with van der Waals surface area (Å²) in [6.45, 7) is 2.32. The fourth-order valence-electron chi connectivity index (χ4n) is 1.05. The summed E-state index contributed by atoms with van der Waals surface area (Å²) < 4.78 is 17.9. The lowest BCUT2D eigenvalue weighted by Crippen LogP contribution is -2.07. The highest BCUT2D eigenvalue weighted by atomic mass is 35.5. The summed E-state index contributed by atoms with van der Waals surface area (Å²) in [4.78, 5) is 11.4. The minimum Gasteiger partial charge on any atom is -0.462 e. The van der Waals surface area contributed by atoms with Gasteiger partial charge in [0.05, 0.1) is 17.2 Å². The topological polar surface area (TPSA) is 26.3 Å². The number of rotatable bonds is 4. The van der Waals surface area contributed by atoms with Gasteiger partial charge in [0.15, 0.2) is 0 Å². The van der Waals surface area contributed by atoms with Crippen LogP contribution in [0.1, 0.15) is 30.1 Å². The molecule has 15 heavy (non-hydrogen) atoms. The molecule has 0 aliphatic rings. The van der Waals surface area contributed by atoms with Crippen molar-refractivity contribution in [1.29, 1.82) is 0 Å². The van der Waals surface area contributed by atoms with Crippen molar-refractivity contribution in [3.05, 3.63) is 34.6 Å². The molecule has 0 unspecified atom stereocenters. The number of hydrogen-bond acceptors (Lipinski definition) is 2. The highest BCUT2D eigenvalue weighted by Gasteiger charge is 2.14. The van der Waals surface area contributed by atoms with Crippen LogP contribution in [0, 0.1) is 5.82 Å². The Hall–Kier alpha value is -1.09. The van der Waals surface area contributed by atoms with Crippen molar-refractivity contribution in [3.8, 4) is 0 Å². The van der Waals surface area contributed by atoms with Crippen molar-refractivity contribution in [3.63, 3.8) is 0 Å². The van der Waals surface area contributed by atoms with E-state index in [0.717, 1.165) is 12.8 Å². The third-order valence-corrected chi connectivity index (χ3v) is 2.29. The average Bonchev–Trinajstić information content (AvgIpc) is 2.22. The van der Waals surface area contributed by atoms with Gasteiger partial charge in [-0.15, -0.1) is 0 Å². The molecule has 82 valence electrons. The van der Waals surface area contributed by atoms with Gasteiger partial charge in [0.1, 0.15) is 5.82 Å². The Morgan fingerprint density at radius 3 is 2.93 bits per heavy atom. The SMILES string of the molecule is CCCCOC(=O)c1cccc(F)c1Cl. The van der Waals surface area contributed by atoms with Gasteiger partial charge in [-0.05, 0) is 18.6 Å². The van der Waals surface area contributed by atoms with Gasteiger partial charge in [0.2, 0.25) is 0 Å². The Bertz CT molecular complexity index is 352. The molecular formula is C11H12ClFO2. The van der Waals surface area contributed by atoms with E-state index in [-0.39, 0.29) is 10.6 Å². The number of ether oxygens (including phenoxy) is 1. The first-order valence-corrected chi connectivity index (χ1v) is 5.15. The molecule has 0 atom stereocenters. The highest BCUT2D eigenvalue weighted by molar-refractivity contribution is 6.33.